The highest BCUT2D eigenvalue weighted by atomic mass is 32.2. The number of aromatic nitrogens is 2. The van der Waals surface area contributed by atoms with Crippen molar-refractivity contribution in [1.82, 2.24) is 9.78 Å². The molecule has 0 amide bonds. The Hall–Kier alpha value is -0.880. The third-order valence-electron chi connectivity index (χ3n) is 1.19. The molecule has 1 rings (SSSR count). The minimum Gasteiger partial charge on any atom is -0.274 e. The first-order chi connectivity index (χ1) is 5.06. The summed E-state index contributed by atoms with van der Waals surface area (Å²) >= 11 is 0. The molecule has 0 aliphatic heterocycles. The molecule has 0 saturated carbocycles. The third kappa shape index (κ3) is 1.58. The summed E-state index contributed by atoms with van der Waals surface area (Å²) in [5.41, 5.74) is 0. The summed E-state index contributed by atoms with van der Waals surface area (Å²) in [6, 6.07) is 0. The molecule has 0 fully saturated rings. The summed E-state index contributed by atoms with van der Waals surface area (Å²) in [7, 11) is -0.814. The van der Waals surface area contributed by atoms with Crippen LogP contribution in [0.2, 0.25) is 0 Å². The van der Waals surface area contributed by atoms with Gasteiger partial charge >= 0.3 is 0 Å². The molecular weight excluding hydrogens is 168 g/mol. The molecule has 1 aromatic heterocycles. The van der Waals surface area contributed by atoms with Crippen LogP contribution in [-0.2, 0) is 21.3 Å². The molecule has 62 valence electrons. The van der Waals surface area contributed by atoms with E-state index in [1.807, 2.05) is 0 Å². The van der Waals surface area contributed by atoms with Gasteiger partial charge in [-0.2, -0.15) is 13.5 Å². The van der Waals surface area contributed by atoms with E-state index in [2.05, 4.69) is 9.28 Å². The maximum Gasteiger partial charge on any atom is 0.299 e. The van der Waals surface area contributed by atoms with Gasteiger partial charge in [-0.05, 0) is 0 Å². The minimum absolute atomic E-state index is 0.0718. The molecule has 6 heteroatoms. The highest BCUT2D eigenvalue weighted by Crippen LogP contribution is 2.08. The van der Waals surface area contributed by atoms with Crippen LogP contribution in [0.15, 0.2) is 17.3 Å². The van der Waals surface area contributed by atoms with E-state index in [1.165, 1.54) is 17.1 Å². The van der Waals surface area contributed by atoms with Gasteiger partial charge in [0.25, 0.3) is 10.1 Å². The van der Waals surface area contributed by atoms with Crippen LogP contribution in [0, 0.1) is 0 Å². The molecule has 1 aromatic rings. The zero-order valence-electron chi connectivity index (χ0n) is 6.18. The summed E-state index contributed by atoms with van der Waals surface area (Å²) in [6.07, 6.45) is 2.61. The normalized spacial score (nSPS) is 11.8. The topological polar surface area (TPSA) is 61.2 Å². The number of rotatable bonds is 2. The van der Waals surface area contributed by atoms with E-state index < -0.39 is 10.1 Å². The second-order valence-electron chi connectivity index (χ2n) is 1.97. The number of aryl methyl sites for hydroxylation is 1. The third-order valence-corrected chi connectivity index (χ3v) is 2.42. The zero-order valence-corrected chi connectivity index (χ0v) is 7.00. The van der Waals surface area contributed by atoms with Crippen LogP contribution < -0.4 is 0 Å². The first kappa shape index (κ1) is 8.22. The Morgan fingerprint density at radius 2 is 2.27 bits per heavy atom. The lowest BCUT2D eigenvalue weighted by Crippen LogP contribution is -2.00. The second kappa shape index (κ2) is 2.63. The fourth-order valence-corrected chi connectivity index (χ4v) is 1.27. The molecule has 0 aliphatic carbocycles. The predicted octanol–water partition coefficient (Wildman–Crippen LogP) is -0.245. The Morgan fingerprint density at radius 1 is 1.64 bits per heavy atom. The summed E-state index contributed by atoms with van der Waals surface area (Å²) in [6.45, 7) is 0. The van der Waals surface area contributed by atoms with Crippen molar-refractivity contribution < 1.29 is 12.6 Å². The fourth-order valence-electron chi connectivity index (χ4n) is 0.624. The van der Waals surface area contributed by atoms with E-state index >= 15 is 0 Å². The lowest BCUT2D eigenvalue weighted by molar-refractivity contribution is 0.397. The van der Waals surface area contributed by atoms with E-state index in [-0.39, 0.29) is 4.90 Å². The second-order valence-corrected chi connectivity index (χ2v) is 3.68. The molecular formula is C5H8N2O3S. The molecule has 0 unspecified atom stereocenters. The maximum absolute atomic E-state index is 10.9. The Labute approximate surface area is 64.7 Å². The highest BCUT2D eigenvalue weighted by molar-refractivity contribution is 7.86. The van der Waals surface area contributed by atoms with Crippen molar-refractivity contribution in [2.45, 2.75) is 4.90 Å². The molecule has 11 heavy (non-hydrogen) atoms. The van der Waals surface area contributed by atoms with E-state index in [4.69, 9.17) is 0 Å². The summed E-state index contributed by atoms with van der Waals surface area (Å²) in [5, 5.41) is 3.69. The van der Waals surface area contributed by atoms with Crippen LogP contribution >= 0.6 is 0 Å². The number of hydrogen-bond donors (Lipinski definition) is 0. The monoisotopic (exact) mass is 176 g/mol. The standard InChI is InChI=1S/C5H8N2O3S/c1-7-4-5(3-6-7)11(8,9)10-2/h3-4H,1-2H3. The summed E-state index contributed by atoms with van der Waals surface area (Å²) < 4.78 is 27.5. The van der Waals surface area contributed by atoms with Gasteiger partial charge in [-0.3, -0.25) is 8.86 Å². The van der Waals surface area contributed by atoms with Crippen molar-refractivity contribution in [3.8, 4) is 0 Å². The van der Waals surface area contributed by atoms with Crippen molar-refractivity contribution in [1.29, 1.82) is 0 Å². The van der Waals surface area contributed by atoms with Crippen LogP contribution in [0.3, 0.4) is 0 Å². The summed E-state index contributed by atoms with van der Waals surface area (Å²) in [4.78, 5) is 0.0718. The van der Waals surface area contributed by atoms with Crippen molar-refractivity contribution >= 4 is 10.1 Å². The fraction of sp³-hybridized carbons (Fsp3) is 0.400. The Kier molecular flexibility index (Phi) is 1.97. The predicted molar refractivity (Wildman–Crippen MR) is 37.4 cm³/mol. The van der Waals surface area contributed by atoms with Gasteiger partial charge in [0.15, 0.2) is 0 Å². The molecule has 0 aromatic carbocycles. The molecule has 0 radical (unpaired) electrons. The molecule has 0 saturated heterocycles. The molecule has 0 N–H and O–H groups in total. The largest absolute Gasteiger partial charge is 0.299 e. The average Bonchev–Trinajstić information content (AvgIpc) is 2.36. The van der Waals surface area contributed by atoms with Gasteiger partial charge in [-0.1, -0.05) is 0 Å². The smallest absolute Gasteiger partial charge is 0.274 e. The SMILES string of the molecule is COS(=O)(=O)c1cnn(C)c1. The first-order valence-electron chi connectivity index (χ1n) is 2.85. The Morgan fingerprint density at radius 3 is 2.64 bits per heavy atom. The van der Waals surface area contributed by atoms with Gasteiger partial charge in [-0.15, -0.1) is 0 Å². The van der Waals surface area contributed by atoms with Crippen LogP contribution in [-0.4, -0.2) is 25.3 Å². The number of nitrogens with zero attached hydrogens (tertiary/aromatic N) is 2. The van der Waals surface area contributed by atoms with E-state index in [9.17, 15) is 8.42 Å². The van der Waals surface area contributed by atoms with Crippen molar-refractivity contribution in [2.24, 2.45) is 7.05 Å². The van der Waals surface area contributed by atoms with Gasteiger partial charge in [-0.25, -0.2) is 0 Å². The lowest BCUT2D eigenvalue weighted by Gasteiger charge is -1.93. The quantitative estimate of drug-likeness (QED) is 0.583. The molecule has 1 heterocycles. The van der Waals surface area contributed by atoms with Gasteiger partial charge < -0.3 is 0 Å². The lowest BCUT2D eigenvalue weighted by atomic mass is 10.7. The molecule has 0 spiro atoms. The zero-order chi connectivity index (χ0) is 8.48. The van der Waals surface area contributed by atoms with Crippen LogP contribution in [0.4, 0.5) is 0 Å². The minimum atomic E-state index is -3.56. The maximum atomic E-state index is 10.9. The van der Waals surface area contributed by atoms with Crippen molar-refractivity contribution in [3.63, 3.8) is 0 Å². The average molecular weight is 176 g/mol. The summed E-state index contributed by atoms with van der Waals surface area (Å²) in [5.74, 6) is 0. The van der Waals surface area contributed by atoms with Crippen LogP contribution in [0.1, 0.15) is 0 Å². The van der Waals surface area contributed by atoms with Gasteiger partial charge in [0.05, 0.1) is 13.3 Å². The Bertz CT molecular complexity index is 340. The highest BCUT2D eigenvalue weighted by Gasteiger charge is 2.13. The van der Waals surface area contributed by atoms with Crippen LogP contribution in [0.5, 0.6) is 0 Å². The van der Waals surface area contributed by atoms with Crippen molar-refractivity contribution in [3.05, 3.63) is 12.4 Å². The Balaban J connectivity index is 3.13. The van der Waals surface area contributed by atoms with E-state index in [0.29, 0.717) is 0 Å². The van der Waals surface area contributed by atoms with E-state index in [1.54, 1.807) is 7.05 Å². The molecule has 0 atom stereocenters. The van der Waals surface area contributed by atoms with Gasteiger partial charge in [0.1, 0.15) is 4.90 Å². The van der Waals surface area contributed by atoms with Gasteiger partial charge in [0, 0.05) is 13.2 Å². The van der Waals surface area contributed by atoms with Crippen molar-refractivity contribution in [2.75, 3.05) is 7.11 Å². The van der Waals surface area contributed by atoms with E-state index in [0.717, 1.165) is 7.11 Å². The molecule has 5 nitrogen and oxygen atoms in total. The molecule has 0 aliphatic rings. The van der Waals surface area contributed by atoms with Crippen LogP contribution in [0.25, 0.3) is 0 Å². The first-order valence-corrected chi connectivity index (χ1v) is 4.26. The van der Waals surface area contributed by atoms with Gasteiger partial charge in [0.2, 0.25) is 0 Å². The number of hydrogen-bond acceptors (Lipinski definition) is 4. The molecule has 0 bridgehead atoms.